The number of carbonyl (C=O) groups excluding carboxylic acids is 1. The first kappa shape index (κ1) is 18.5. The SMILES string of the molecule is Cc1noc(C)c1COc1cccc(C(=O)N2CCN(c3nccs3)CC2)c1. The standard InChI is InChI=1S/C20H22N4O3S/c1-14-18(15(2)27-22-14)13-26-17-5-3-4-16(12-17)19(25)23-7-9-24(10-8-23)20-21-6-11-28-20/h3-6,11-12H,7-10,13H2,1-2H3. The number of aromatic nitrogens is 2. The van der Waals surface area contributed by atoms with Gasteiger partial charge < -0.3 is 19.1 Å². The number of carbonyl (C=O) groups is 1. The van der Waals surface area contributed by atoms with Gasteiger partial charge in [-0.25, -0.2) is 4.98 Å². The molecule has 0 atom stereocenters. The van der Waals surface area contributed by atoms with E-state index in [2.05, 4.69) is 15.0 Å². The molecule has 28 heavy (non-hydrogen) atoms. The smallest absolute Gasteiger partial charge is 0.254 e. The summed E-state index contributed by atoms with van der Waals surface area (Å²) in [6.45, 7) is 7.07. The zero-order valence-electron chi connectivity index (χ0n) is 15.9. The highest BCUT2D eigenvalue weighted by Gasteiger charge is 2.23. The number of ether oxygens (including phenoxy) is 1. The molecule has 1 aromatic carbocycles. The lowest BCUT2D eigenvalue weighted by atomic mass is 10.1. The number of piperazine rings is 1. The third-order valence-corrected chi connectivity index (χ3v) is 5.73. The van der Waals surface area contributed by atoms with Gasteiger partial charge in [0.1, 0.15) is 18.1 Å². The van der Waals surface area contributed by atoms with E-state index in [0.717, 1.165) is 35.2 Å². The Hall–Kier alpha value is -2.87. The van der Waals surface area contributed by atoms with Crippen molar-refractivity contribution >= 4 is 22.4 Å². The number of benzene rings is 1. The van der Waals surface area contributed by atoms with Crippen LogP contribution in [0.25, 0.3) is 0 Å². The molecule has 3 aromatic rings. The van der Waals surface area contributed by atoms with Gasteiger partial charge in [-0.2, -0.15) is 0 Å². The van der Waals surface area contributed by atoms with Gasteiger partial charge in [0.25, 0.3) is 5.91 Å². The van der Waals surface area contributed by atoms with E-state index in [-0.39, 0.29) is 5.91 Å². The van der Waals surface area contributed by atoms with Crippen LogP contribution >= 0.6 is 11.3 Å². The van der Waals surface area contributed by atoms with Gasteiger partial charge in [0.05, 0.1) is 11.3 Å². The van der Waals surface area contributed by atoms with Gasteiger partial charge in [0.2, 0.25) is 0 Å². The molecule has 1 amide bonds. The van der Waals surface area contributed by atoms with Crippen molar-refractivity contribution in [2.75, 3.05) is 31.1 Å². The molecule has 1 aliphatic rings. The van der Waals surface area contributed by atoms with E-state index in [1.165, 1.54) is 0 Å². The van der Waals surface area contributed by atoms with Crippen molar-refractivity contribution in [3.8, 4) is 5.75 Å². The fraction of sp³-hybridized carbons (Fsp3) is 0.350. The Balaban J connectivity index is 1.38. The number of thiazole rings is 1. The molecule has 0 unspecified atom stereocenters. The number of hydrogen-bond acceptors (Lipinski definition) is 7. The monoisotopic (exact) mass is 398 g/mol. The second kappa shape index (κ2) is 8.02. The summed E-state index contributed by atoms with van der Waals surface area (Å²) in [5, 5.41) is 6.93. The maximum Gasteiger partial charge on any atom is 0.254 e. The van der Waals surface area contributed by atoms with E-state index >= 15 is 0 Å². The second-order valence-corrected chi connectivity index (χ2v) is 7.59. The first-order chi connectivity index (χ1) is 13.6. The number of amides is 1. The van der Waals surface area contributed by atoms with Crippen molar-refractivity contribution in [3.05, 3.63) is 58.4 Å². The zero-order valence-corrected chi connectivity index (χ0v) is 16.7. The molecule has 0 N–H and O–H groups in total. The second-order valence-electron chi connectivity index (χ2n) is 6.71. The van der Waals surface area contributed by atoms with E-state index in [1.54, 1.807) is 17.4 Å². The van der Waals surface area contributed by atoms with Gasteiger partial charge in [0.15, 0.2) is 5.13 Å². The normalized spacial score (nSPS) is 14.4. The Morgan fingerprint density at radius 3 is 2.75 bits per heavy atom. The summed E-state index contributed by atoms with van der Waals surface area (Å²) in [5.74, 6) is 1.44. The summed E-state index contributed by atoms with van der Waals surface area (Å²) < 4.78 is 11.0. The molecular formula is C20H22N4O3S. The highest BCUT2D eigenvalue weighted by Crippen LogP contribution is 2.22. The lowest BCUT2D eigenvalue weighted by Crippen LogP contribution is -2.48. The minimum atomic E-state index is 0.0292. The van der Waals surface area contributed by atoms with Crippen LogP contribution in [-0.4, -0.2) is 47.1 Å². The fourth-order valence-electron chi connectivity index (χ4n) is 3.24. The number of anilines is 1. The highest BCUT2D eigenvalue weighted by molar-refractivity contribution is 7.13. The van der Waals surface area contributed by atoms with Crippen LogP contribution in [0.1, 0.15) is 27.4 Å². The summed E-state index contributed by atoms with van der Waals surface area (Å²) in [4.78, 5) is 21.4. The Kier molecular flexibility index (Phi) is 5.29. The number of aryl methyl sites for hydroxylation is 2. The molecule has 1 fully saturated rings. The van der Waals surface area contributed by atoms with Crippen LogP contribution in [0.4, 0.5) is 5.13 Å². The molecule has 146 valence electrons. The summed E-state index contributed by atoms with van der Waals surface area (Å²) in [6.07, 6.45) is 1.81. The number of hydrogen-bond donors (Lipinski definition) is 0. The van der Waals surface area contributed by atoms with Crippen LogP contribution in [0.15, 0.2) is 40.4 Å². The predicted molar refractivity (Wildman–Crippen MR) is 107 cm³/mol. The molecule has 4 rings (SSSR count). The number of rotatable bonds is 5. The molecule has 0 spiro atoms. The molecule has 1 saturated heterocycles. The minimum absolute atomic E-state index is 0.0292. The van der Waals surface area contributed by atoms with Gasteiger partial charge in [-0.05, 0) is 32.0 Å². The van der Waals surface area contributed by atoms with Crippen LogP contribution in [0.3, 0.4) is 0 Å². The summed E-state index contributed by atoms with van der Waals surface area (Å²) >= 11 is 1.63. The van der Waals surface area contributed by atoms with Crippen LogP contribution in [0.2, 0.25) is 0 Å². The molecule has 1 aliphatic heterocycles. The van der Waals surface area contributed by atoms with E-state index in [0.29, 0.717) is 31.0 Å². The van der Waals surface area contributed by atoms with Crippen LogP contribution < -0.4 is 9.64 Å². The molecule has 8 heteroatoms. The Bertz CT molecular complexity index is 927. The van der Waals surface area contributed by atoms with Crippen LogP contribution in [-0.2, 0) is 6.61 Å². The Labute approximate surface area is 167 Å². The van der Waals surface area contributed by atoms with E-state index < -0.39 is 0 Å². The molecule has 0 radical (unpaired) electrons. The van der Waals surface area contributed by atoms with E-state index in [1.807, 2.05) is 48.5 Å². The molecule has 0 bridgehead atoms. The maximum absolute atomic E-state index is 12.9. The van der Waals surface area contributed by atoms with Crippen molar-refractivity contribution in [2.24, 2.45) is 0 Å². The predicted octanol–water partition coefficient (Wildman–Crippen LogP) is 3.29. The zero-order chi connectivity index (χ0) is 19.5. The van der Waals surface area contributed by atoms with Crippen molar-refractivity contribution < 1.29 is 14.1 Å². The van der Waals surface area contributed by atoms with Gasteiger partial charge in [-0.3, -0.25) is 4.79 Å². The summed E-state index contributed by atoms with van der Waals surface area (Å²) in [7, 11) is 0. The topological polar surface area (TPSA) is 71.7 Å². The Morgan fingerprint density at radius 2 is 2.07 bits per heavy atom. The highest BCUT2D eigenvalue weighted by atomic mass is 32.1. The van der Waals surface area contributed by atoms with Gasteiger partial charge >= 0.3 is 0 Å². The van der Waals surface area contributed by atoms with Crippen molar-refractivity contribution in [1.29, 1.82) is 0 Å². The molecular weight excluding hydrogens is 376 g/mol. The quantitative estimate of drug-likeness (QED) is 0.657. The van der Waals surface area contributed by atoms with Gasteiger partial charge in [-0.1, -0.05) is 11.2 Å². The lowest BCUT2D eigenvalue weighted by molar-refractivity contribution is 0.0746. The van der Waals surface area contributed by atoms with Crippen LogP contribution in [0, 0.1) is 13.8 Å². The molecule has 0 saturated carbocycles. The average molecular weight is 398 g/mol. The van der Waals surface area contributed by atoms with Crippen molar-refractivity contribution in [3.63, 3.8) is 0 Å². The maximum atomic E-state index is 12.9. The molecule has 7 nitrogen and oxygen atoms in total. The van der Waals surface area contributed by atoms with E-state index in [9.17, 15) is 4.79 Å². The molecule has 0 aliphatic carbocycles. The van der Waals surface area contributed by atoms with Gasteiger partial charge in [-0.15, -0.1) is 11.3 Å². The fourth-order valence-corrected chi connectivity index (χ4v) is 3.93. The van der Waals surface area contributed by atoms with E-state index in [4.69, 9.17) is 9.26 Å². The molecule has 2 aromatic heterocycles. The van der Waals surface area contributed by atoms with Gasteiger partial charge in [0, 0.05) is 43.3 Å². The van der Waals surface area contributed by atoms with Crippen molar-refractivity contribution in [1.82, 2.24) is 15.0 Å². The largest absolute Gasteiger partial charge is 0.489 e. The summed E-state index contributed by atoms with van der Waals surface area (Å²) in [5.41, 5.74) is 2.40. The first-order valence-corrected chi connectivity index (χ1v) is 10.1. The summed E-state index contributed by atoms with van der Waals surface area (Å²) in [6, 6.07) is 7.34. The third-order valence-electron chi connectivity index (χ3n) is 4.90. The van der Waals surface area contributed by atoms with Crippen LogP contribution in [0.5, 0.6) is 5.75 Å². The molecule has 3 heterocycles. The Morgan fingerprint density at radius 1 is 1.25 bits per heavy atom. The third kappa shape index (κ3) is 3.87. The lowest BCUT2D eigenvalue weighted by Gasteiger charge is -2.34. The first-order valence-electron chi connectivity index (χ1n) is 9.20. The number of nitrogens with zero attached hydrogens (tertiary/aromatic N) is 4. The van der Waals surface area contributed by atoms with Crippen molar-refractivity contribution in [2.45, 2.75) is 20.5 Å². The average Bonchev–Trinajstić information content (AvgIpc) is 3.37. The minimum Gasteiger partial charge on any atom is -0.489 e.